The molecule has 0 spiro atoms. The van der Waals surface area contributed by atoms with Crippen LogP contribution in [0.1, 0.15) is 18.1 Å². The van der Waals surface area contributed by atoms with Crippen LogP contribution in [0.15, 0.2) is 59.8 Å². The molecular formula is C15H14N2O3. The molecule has 102 valence electrons. The van der Waals surface area contributed by atoms with Crippen LogP contribution in [-0.4, -0.2) is 10.6 Å². The maximum absolute atomic E-state index is 10.6. The monoisotopic (exact) mass is 270 g/mol. The van der Waals surface area contributed by atoms with Crippen molar-refractivity contribution in [1.29, 1.82) is 0 Å². The van der Waals surface area contributed by atoms with Gasteiger partial charge in [-0.15, -0.1) is 0 Å². The first-order chi connectivity index (χ1) is 9.66. The molecule has 2 aromatic rings. The second kappa shape index (κ2) is 6.47. The molecule has 0 aromatic heterocycles. The molecule has 5 nitrogen and oxygen atoms in total. The summed E-state index contributed by atoms with van der Waals surface area (Å²) in [7, 11) is 0. The number of nitro benzene ring substituents is 1. The maximum Gasteiger partial charge on any atom is 0.269 e. The van der Waals surface area contributed by atoms with Gasteiger partial charge in [0, 0.05) is 12.1 Å². The fourth-order valence-electron chi connectivity index (χ4n) is 1.65. The highest BCUT2D eigenvalue weighted by atomic mass is 16.6. The number of hydrogen-bond acceptors (Lipinski definition) is 4. The van der Waals surface area contributed by atoms with Crippen LogP contribution in [0.2, 0.25) is 0 Å². The van der Waals surface area contributed by atoms with Crippen LogP contribution in [0.5, 0.6) is 0 Å². The molecule has 2 aromatic carbocycles. The molecule has 0 radical (unpaired) electrons. The molecule has 0 aliphatic rings. The van der Waals surface area contributed by atoms with Gasteiger partial charge >= 0.3 is 0 Å². The lowest BCUT2D eigenvalue weighted by molar-refractivity contribution is -0.384. The molecule has 20 heavy (non-hydrogen) atoms. The van der Waals surface area contributed by atoms with E-state index in [4.69, 9.17) is 4.84 Å². The van der Waals surface area contributed by atoms with E-state index in [9.17, 15) is 10.1 Å². The second-order valence-corrected chi connectivity index (χ2v) is 4.24. The van der Waals surface area contributed by atoms with Crippen LogP contribution < -0.4 is 0 Å². The zero-order valence-corrected chi connectivity index (χ0v) is 11.0. The molecule has 0 atom stereocenters. The Morgan fingerprint density at radius 1 is 1.15 bits per heavy atom. The van der Waals surface area contributed by atoms with Crippen molar-refractivity contribution >= 4 is 11.4 Å². The number of nitro groups is 1. The molecule has 0 aliphatic heterocycles. The minimum absolute atomic E-state index is 0.0618. The lowest BCUT2D eigenvalue weighted by atomic mass is 10.1. The summed E-state index contributed by atoms with van der Waals surface area (Å²) in [4.78, 5) is 15.4. The van der Waals surface area contributed by atoms with E-state index in [0.717, 1.165) is 11.1 Å². The summed E-state index contributed by atoms with van der Waals surface area (Å²) < 4.78 is 0. The van der Waals surface area contributed by atoms with E-state index < -0.39 is 4.92 Å². The van der Waals surface area contributed by atoms with Crippen molar-refractivity contribution in [2.45, 2.75) is 13.5 Å². The van der Waals surface area contributed by atoms with Gasteiger partial charge in [-0.25, -0.2) is 0 Å². The fraction of sp³-hybridized carbons (Fsp3) is 0.133. The van der Waals surface area contributed by atoms with E-state index in [1.165, 1.54) is 12.1 Å². The molecule has 0 saturated heterocycles. The van der Waals surface area contributed by atoms with Crippen LogP contribution in [0.25, 0.3) is 0 Å². The highest BCUT2D eigenvalue weighted by Gasteiger charge is 2.05. The van der Waals surface area contributed by atoms with Gasteiger partial charge in [-0.2, -0.15) is 0 Å². The number of non-ortho nitro benzene ring substituents is 1. The Balaban J connectivity index is 1.98. The van der Waals surface area contributed by atoms with Gasteiger partial charge in [-0.05, 0) is 30.2 Å². The van der Waals surface area contributed by atoms with E-state index in [-0.39, 0.29) is 5.69 Å². The van der Waals surface area contributed by atoms with E-state index in [1.54, 1.807) is 19.1 Å². The largest absolute Gasteiger partial charge is 0.391 e. The first-order valence-corrected chi connectivity index (χ1v) is 6.12. The van der Waals surface area contributed by atoms with Crippen LogP contribution in [-0.2, 0) is 11.4 Å². The summed E-state index contributed by atoms with van der Waals surface area (Å²) in [6, 6.07) is 15.9. The van der Waals surface area contributed by atoms with Crippen LogP contribution in [0.3, 0.4) is 0 Å². The van der Waals surface area contributed by atoms with Crippen molar-refractivity contribution in [2.75, 3.05) is 0 Å². The normalized spacial score (nSPS) is 11.2. The Hall–Kier alpha value is -2.69. The average molecular weight is 270 g/mol. The molecule has 2 rings (SSSR count). The number of hydrogen-bond donors (Lipinski definition) is 0. The Kier molecular flexibility index (Phi) is 4.44. The quantitative estimate of drug-likeness (QED) is 0.474. The Morgan fingerprint density at radius 2 is 1.80 bits per heavy atom. The first-order valence-electron chi connectivity index (χ1n) is 6.12. The van der Waals surface area contributed by atoms with Gasteiger partial charge in [0.1, 0.15) is 6.61 Å². The van der Waals surface area contributed by atoms with Crippen LogP contribution >= 0.6 is 0 Å². The van der Waals surface area contributed by atoms with Gasteiger partial charge in [-0.3, -0.25) is 10.1 Å². The number of rotatable bonds is 5. The lowest BCUT2D eigenvalue weighted by Crippen LogP contribution is -1.97. The summed E-state index contributed by atoms with van der Waals surface area (Å²) in [5.41, 5.74) is 2.57. The minimum atomic E-state index is -0.428. The van der Waals surface area contributed by atoms with Crippen molar-refractivity contribution in [3.63, 3.8) is 0 Å². The van der Waals surface area contributed by atoms with E-state index in [0.29, 0.717) is 12.3 Å². The summed E-state index contributed by atoms with van der Waals surface area (Å²) in [6.45, 7) is 2.19. The predicted octanol–water partition coefficient (Wildman–Crippen LogP) is 3.54. The molecule has 0 amide bonds. The third kappa shape index (κ3) is 3.65. The lowest BCUT2D eigenvalue weighted by Gasteiger charge is -2.02. The van der Waals surface area contributed by atoms with Crippen LogP contribution in [0.4, 0.5) is 5.69 Å². The summed E-state index contributed by atoms with van der Waals surface area (Å²) in [5.74, 6) is 0. The SMILES string of the molecule is C/C(=N\OCc1ccccc1)c1ccc([N+](=O)[O-])cc1. The Labute approximate surface area is 116 Å². The molecule has 0 bridgehead atoms. The van der Waals surface area contributed by atoms with E-state index in [2.05, 4.69) is 5.16 Å². The summed E-state index contributed by atoms with van der Waals surface area (Å²) in [6.07, 6.45) is 0. The molecule has 0 unspecified atom stereocenters. The standard InChI is InChI=1S/C15H14N2O3/c1-12(14-7-9-15(10-8-14)17(18)19)16-20-11-13-5-3-2-4-6-13/h2-10H,11H2,1H3/b16-12+. The van der Waals surface area contributed by atoms with Gasteiger partial charge in [-0.1, -0.05) is 35.5 Å². The van der Waals surface area contributed by atoms with Gasteiger partial charge in [0.05, 0.1) is 10.6 Å². The highest BCUT2D eigenvalue weighted by Crippen LogP contribution is 2.12. The summed E-state index contributed by atoms with van der Waals surface area (Å²) >= 11 is 0. The zero-order chi connectivity index (χ0) is 14.4. The van der Waals surface area contributed by atoms with Crippen molar-refractivity contribution in [1.82, 2.24) is 0 Å². The molecule has 0 aliphatic carbocycles. The van der Waals surface area contributed by atoms with E-state index >= 15 is 0 Å². The smallest absolute Gasteiger partial charge is 0.269 e. The van der Waals surface area contributed by atoms with Gasteiger partial charge in [0.15, 0.2) is 0 Å². The maximum atomic E-state index is 10.6. The number of benzene rings is 2. The molecule has 5 heteroatoms. The van der Waals surface area contributed by atoms with Crippen molar-refractivity contribution in [3.8, 4) is 0 Å². The number of nitrogens with zero attached hydrogens (tertiary/aromatic N) is 2. The van der Waals surface area contributed by atoms with Crippen molar-refractivity contribution < 1.29 is 9.76 Å². The second-order valence-electron chi connectivity index (χ2n) is 4.24. The van der Waals surface area contributed by atoms with E-state index in [1.807, 2.05) is 30.3 Å². The molecule has 0 heterocycles. The average Bonchev–Trinajstić information content (AvgIpc) is 2.48. The van der Waals surface area contributed by atoms with Gasteiger partial charge in [0.25, 0.3) is 5.69 Å². The third-order valence-corrected chi connectivity index (χ3v) is 2.77. The molecular weight excluding hydrogens is 256 g/mol. The van der Waals surface area contributed by atoms with Crippen molar-refractivity contribution in [3.05, 3.63) is 75.8 Å². The molecule has 0 N–H and O–H groups in total. The number of oxime groups is 1. The Morgan fingerprint density at radius 3 is 2.40 bits per heavy atom. The minimum Gasteiger partial charge on any atom is -0.391 e. The van der Waals surface area contributed by atoms with Crippen LogP contribution in [0, 0.1) is 10.1 Å². The molecule has 0 saturated carbocycles. The molecule has 0 fully saturated rings. The summed E-state index contributed by atoms with van der Waals surface area (Å²) in [5, 5.41) is 14.6. The zero-order valence-electron chi connectivity index (χ0n) is 11.0. The third-order valence-electron chi connectivity index (χ3n) is 2.77. The predicted molar refractivity (Wildman–Crippen MR) is 76.5 cm³/mol. The fourth-order valence-corrected chi connectivity index (χ4v) is 1.65. The Bertz CT molecular complexity index is 607. The first kappa shape index (κ1) is 13.7. The topological polar surface area (TPSA) is 64.7 Å². The highest BCUT2D eigenvalue weighted by molar-refractivity contribution is 5.98. The van der Waals surface area contributed by atoms with Crippen molar-refractivity contribution in [2.24, 2.45) is 5.16 Å². The van der Waals surface area contributed by atoms with Gasteiger partial charge < -0.3 is 4.84 Å². The van der Waals surface area contributed by atoms with Gasteiger partial charge in [0.2, 0.25) is 0 Å².